The second-order valence-electron chi connectivity index (χ2n) is 10.8. The Morgan fingerprint density at radius 2 is 1.84 bits per heavy atom. The molecule has 1 aliphatic carbocycles. The zero-order chi connectivity index (χ0) is 26.1. The summed E-state index contributed by atoms with van der Waals surface area (Å²) in [5.41, 5.74) is 11.5. The average molecular weight is 510 g/mol. The number of halogens is 1. The van der Waals surface area contributed by atoms with Gasteiger partial charge in [-0.1, -0.05) is 42.0 Å². The van der Waals surface area contributed by atoms with E-state index in [4.69, 9.17) is 4.74 Å². The van der Waals surface area contributed by atoms with Crippen molar-refractivity contribution < 1.29 is 9.13 Å². The highest BCUT2D eigenvalue weighted by atomic mass is 19.1. The second-order valence-corrected chi connectivity index (χ2v) is 10.8. The van der Waals surface area contributed by atoms with Gasteiger partial charge in [0.25, 0.3) is 0 Å². The van der Waals surface area contributed by atoms with Crippen molar-refractivity contribution in [2.24, 2.45) is 7.05 Å². The van der Waals surface area contributed by atoms with Gasteiger partial charge in [0, 0.05) is 26.7 Å². The van der Waals surface area contributed by atoms with E-state index in [1.807, 2.05) is 6.33 Å². The monoisotopic (exact) mass is 509 g/mol. The van der Waals surface area contributed by atoms with Crippen LogP contribution in [0.25, 0.3) is 22.2 Å². The molecule has 0 saturated carbocycles. The van der Waals surface area contributed by atoms with E-state index in [-0.39, 0.29) is 12.8 Å². The Morgan fingerprint density at radius 1 is 1.00 bits per heavy atom. The highest BCUT2D eigenvalue weighted by Gasteiger charge is 2.24. The Hall–Kier alpha value is -3.44. The van der Waals surface area contributed by atoms with Crippen LogP contribution < -0.4 is 4.74 Å². The van der Waals surface area contributed by atoms with Gasteiger partial charge in [-0.05, 0) is 96.7 Å². The first-order valence-electron chi connectivity index (χ1n) is 13.9. The molecule has 1 saturated heterocycles. The maximum Gasteiger partial charge on any atom is 0.119 e. The number of fused-ring (bicyclic) bond motifs is 2. The van der Waals surface area contributed by atoms with Crippen LogP contribution in [0.15, 0.2) is 67.0 Å². The van der Waals surface area contributed by atoms with E-state index in [1.54, 1.807) is 0 Å². The van der Waals surface area contributed by atoms with Crippen LogP contribution in [0, 0.1) is 6.92 Å². The summed E-state index contributed by atoms with van der Waals surface area (Å²) in [4.78, 5) is 6.83. The molecule has 1 aromatic heterocycles. The lowest BCUT2D eigenvalue weighted by Gasteiger charge is -2.19. The van der Waals surface area contributed by atoms with Crippen LogP contribution in [0.5, 0.6) is 5.75 Å². The maximum absolute atomic E-state index is 12.6. The third kappa shape index (κ3) is 5.00. The number of hydrogen-bond acceptors (Lipinski definition) is 3. The van der Waals surface area contributed by atoms with Crippen LogP contribution in [0.1, 0.15) is 53.5 Å². The standard InChI is InChI=1S/C33H36FN3O/c1-23-7-13-30-25(19-23)5-3-6-29(26-10-14-31-32(20-26)36(2)22-35-31)33(30)24-8-11-27(12-9-24)38-28-15-18-37(21-28)17-4-16-34/h7-14,19-20,22,28H,3-6,15-18,21H2,1-2H3/t28-/m0/s1. The van der Waals surface area contributed by atoms with Crippen molar-refractivity contribution in [1.82, 2.24) is 14.5 Å². The Kier molecular flexibility index (Phi) is 7.03. The minimum absolute atomic E-state index is 0.169. The number of likely N-dealkylation sites (tertiary alicyclic amines) is 1. The van der Waals surface area contributed by atoms with Crippen LogP contribution >= 0.6 is 0 Å². The molecule has 4 nitrogen and oxygen atoms in total. The Bertz CT molecular complexity index is 1470. The molecular weight excluding hydrogens is 473 g/mol. The quantitative estimate of drug-likeness (QED) is 0.269. The van der Waals surface area contributed by atoms with Crippen LogP contribution in [0.2, 0.25) is 0 Å². The molecule has 0 spiro atoms. The molecular formula is C33H36FN3O. The first-order chi connectivity index (χ1) is 18.6. The zero-order valence-electron chi connectivity index (χ0n) is 22.4. The van der Waals surface area contributed by atoms with Crippen molar-refractivity contribution in [2.45, 2.75) is 45.1 Å². The van der Waals surface area contributed by atoms with Crippen molar-refractivity contribution in [3.63, 3.8) is 0 Å². The summed E-state index contributed by atoms with van der Waals surface area (Å²) in [6.07, 6.45) is 6.89. The van der Waals surface area contributed by atoms with Gasteiger partial charge in [0.1, 0.15) is 11.9 Å². The number of rotatable bonds is 7. The van der Waals surface area contributed by atoms with Crippen LogP contribution in [0.3, 0.4) is 0 Å². The predicted molar refractivity (Wildman–Crippen MR) is 153 cm³/mol. The van der Waals surface area contributed by atoms with E-state index in [2.05, 4.69) is 89.1 Å². The number of allylic oxidation sites excluding steroid dienone is 1. The van der Waals surface area contributed by atoms with Gasteiger partial charge in [-0.2, -0.15) is 0 Å². The topological polar surface area (TPSA) is 30.3 Å². The van der Waals surface area contributed by atoms with E-state index < -0.39 is 0 Å². The summed E-state index contributed by atoms with van der Waals surface area (Å²) >= 11 is 0. The number of hydrogen-bond donors (Lipinski definition) is 0. The minimum atomic E-state index is -0.250. The summed E-state index contributed by atoms with van der Waals surface area (Å²) in [6, 6.07) is 22.2. The summed E-state index contributed by atoms with van der Waals surface area (Å²) in [5, 5.41) is 0. The lowest BCUT2D eigenvalue weighted by atomic mass is 9.87. The molecule has 3 aromatic carbocycles. The van der Waals surface area contributed by atoms with Crippen molar-refractivity contribution in [2.75, 3.05) is 26.3 Å². The third-order valence-corrected chi connectivity index (χ3v) is 8.06. The first kappa shape index (κ1) is 24.9. The van der Waals surface area contributed by atoms with Crippen LogP contribution in [0.4, 0.5) is 4.39 Å². The molecule has 196 valence electrons. The molecule has 0 bridgehead atoms. The number of aryl methyl sites for hydroxylation is 3. The van der Waals surface area contributed by atoms with Gasteiger partial charge in [-0.15, -0.1) is 0 Å². The Labute approximate surface area is 224 Å². The van der Waals surface area contributed by atoms with Gasteiger partial charge in [0.2, 0.25) is 0 Å². The lowest BCUT2D eigenvalue weighted by molar-refractivity contribution is 0.198. The van der Waals surface area contributed by atoms with Crippen molar-refractivity contribution in [1.29, 1.82) is 0 Å². The Morgan fingerprint density at radius 3 is 2.68 bits per heavy atom. The highest BCUT2D eigenvalue weighted by Crippen LogP contribution is 2.41. The number of imidazole rings is 1. The number of nitrogens with zero attached hydrogens (tertiary/aromatic N) is 3. The minimum Gasteiger partial charge on any atom is -0.489 e. The zero-order valence-corrected chi connectivity index (χ0v) is 22.4. The van der Waals surface area contributed by atoms with Crippen molar-refractivity contribution in [3.8, 4) is 5.75 Å². The highest BCUT2D eigenvalue weighted by molar-refractivity contribution is 6.01. The molecule has 6 rings (SSSR count). The molecule has 1 fully saturated rings. The molecule has 0 radical (unpaired) electrons. The summed E-state index contributed by atoms with van der Waals surface area (Å²) in [5.74, 6) is 0.905. The molecule has 1 atom stereocenters. The van der Waals surface area contributed by atoms with Gasteiger partial charge in [0.05, 0.1) is 24.0 Å². The van der Waals surface area contributed by atoms with Gasteiger partial charge in [-0.25, -0.2) is 4.98 Å². The fraction of sp³-hybridized carbons (Fsp3) is 0.364. The van der Waals surface area contributed by atoms with Crippen molar-refractivity contribution in [3.05, 3.63) is 94.8 Å². The van der Waals surface area contributed by atoms with Gasteiger partial charge in [-0.3, -0.25) is 9.29 Å². The second kappa shape index (κ2) is 10.7. The molecule has 38 heavy (non-hydrogen) atoms. The normalized spacial score (nSPS) is 18.1. The van der Waals surface area contributed by atoms with E-state index in [9.17, 15) is 4.39 Å². The summed E-state index contributed by atoms with van der Waals surface area (Å²) in [6.45, 7) is 4.60. The third-order valence-electron chi connectivity index (χ3n) is 8.06. The Balaban J connectivity index is 1.36. The van der Waals surface area contributed by atoms with E-state index in [1.165, 1.54) is 39.0 Å². The smallest absolute Gasteiger partial charge is 0.119 e. The molecule has 0 unspecified atom stereocenters. The maximum atomic E-state index is 12.6. The molecule has 2 heterocycles. The summed E-state index contributed by atoms with van der Waals surface area (Å²) < 4.78 is 21.0. The van der Waals surface area contributed by atoms with E-state index in [0.29, 0.717) is 6.42 Å². The molecule has 5 heteroatoms. The fourth-order valence-electron chi connectivity index (χ4n) is 6.12. The van der Waals surface area contributed by atoms with Gasteiger partial charge < -0.3 is 9.30 Å². The summed E-state index contributed by atoms with van der Waals surface area (Å²) in [7, 11) is 2.06. The number of alkyl halides is 1. The van der Waals surface area contributed by atoms with Crippen LogP contribution in [-0.2, 0) is 13.5 Å². The molecule has 1 aliphatic heterocycles. The number of benzene rings is 3. The predicted octanol–water partition coefficient (Wildman–Crippen LogP) is 6.99. The van der Waals surface area contributed by atoms with E-state index in [0.717, 1.165) is 62.1 Å². The molecule has 0 N–H and O–H groups in total. The fourth-order valence-corrected chi connectivity index (χ4v) is 6.12. The van der Waals surface area contributed by atoms with Crippen LogP contribution in [-0.4, -0.2) is 46.9 Å². The average Bonchev–Trinajstić information content (AvgIpc) is 3.48. The van der Waals surface area contributed by atoms with Gasteiger partial charge >= 0.3 is 0 Å². The SMILES string of the molecule is Cc1ccc2c(c1)CCCC(c1ccc3ncn(C)c3c1)=C2c1ccc(O[C@H]2CCN(CCCF)C2)cc1. The number of ether oxygens (including phenoxy) is 1. The lowest BCUT2D eigenvalue weighted by Crippen LogP contribution is -2.26. The molecule has 4 aromatic rings. The first-order valence-corrected chi connectivity index (χ1v) is 13.9. The molecule has 0 amide bonds. The largest absolute Gasteiger partial charge is 0.489 e. The van der Waals surface area contributed by atoms with Gasteiger partial charge in [0.15, 0.2) is 0 Å². The van der Waals surface area contributed by atoms with E-state index >= 15 is 0 Å². The van der Waals surface area contributed by atoms with Crippen molar-refractivity contribution >= 4 is 22.2 Å². The molecule has 2 aliphatic rings. The number of aromatic nitrogens is 2.